The maximum absolute atomic E-state index is 15.3. The molecule has 0 saturated carbocycles. The smallest absolute Gasteiger partial charge is 0.437 e. The molecule has 7 aromatic carbocycles. The fourth-order valence-corrected chi connectivity index (χ4v) is 14.9. The van der Waals surface area contributed by atoms with E-state index in [1.165, 1.54) is 21.9 Å². The largest absolute Gasteiger partial charge is 0.456 e. The van der Waals surface area contributed by atoms with Gasteiger partial charge in [-0.25, -0.2) is 33.6 Å². The Morgan fingerprint density at radius 1 is 0.450 bits per heavy atom. The molecule has 7 aromatic rings. The van der Waals surface area contributed by atoms with Crippen LogP contribution in [0.4, 0.5) is 40.1 Å². The lowest BCUT2D eigenvalue weighted by Crippen LogP contribution is -2.57. The van der Waals surface area contributed by atoms with Crippen molar-refractivity contribution in [2.45, 2.75) is 200 Å². The lowest BCUT2D eigenvalue weighted by atomic mass is 9.77. The van der Waals surface area contributed by atoms with Crippen molar-refractivity contribution in [3.05, 3.63) is 226 Å². The number of alkyl carbamates (subject to hydrolysis) is 4. The van der Waals surface area contributed by atoms with Gasteiger partial charge in [0, 0.05) is 66.4 Å². The topological polar surface area (TPSA) is 447 Å². The summed E-state index contributed by atoms with van der Waals surface area (Å²) in [6.45, 7) is 16.5. The molecule has 6 atom stereocenters. The van der Waals surface area contributed by atoms with Crippen LogP contribution in [0.3, 0.4) is 0 Å². The van der Waals surface area contributed by atoms with Crippen LogP contribution in [0.1, 0.15) is 170 Å². The molecule has 4 heterocycles. The number of rotatable bonds is 30. The maximum atomic E-state index is 15.3. The summed E-state index contributed by atoms with van der Waals surface area (Å²) < 4.78 is 46.0. The van der Waals surface area contributed by atoms with Crippen LogP contribution in [-0.4, -0.2) is 173 Å². The molecule has 2 saturated heterocycles. The molecule has 2 fully saturated rings. The van der Waals surface area contributed by atoms with Gasteiger partial charge in [-0.15, -0.1) is 9.98 Å². The van der Waals surface area contributed by atoms with Crippen LogP contribution < -0.4 is 57.9 Å². The van der Waals surface area contributed by atoms with Crippen molar-refractivity contribution in [3.63, 3.8) is 0 Å². The number of amides is 12. The van der Waals surface area contributed by atoms with E-state index in [1.54, 1.807) is 239 Å². The first-order chi connectivity index (χ1) is 61.7. The Bertz CT molecular complexity index is 4970. The average molecular weight is 1770 g/mol. The molecule has 11 rings (SSSR count). The second kappa shape index (κ2) is 44.2. The molecule has 4 aliphatic heterocycles. The Morgan fingerprint density at radius 3 is 1.19 bits per heavy atom. The zero-order valence-corrected chi connectivity index (χ0v) is 73.6. The summed E-state index contributed by atoms with van der Waals surface area (Å²) in [4.78, 5) is 194. The summed E-state index contributed by atoms with van der Waals surface area (Å²) in [5.41, 5.74) is 0.556. The van der Waals surface area contributed by atoms with E-state index in [1.807, 2.05) is 0 Å². The van der Waals surface area contributed by atoms with Crippen LogP contribution >= 0.6 is 0 Å². The van der Waals surface area contributed by atoms with E-state index in [-0.39, 0.29) is 131 Å². The Labute approximate surface area is 747 Å². The highest BCUT2D eigenvalue weighted by atomic mass is 16.6. The van der Waals surface area contributed by atoms with Gasteiger partial charge in [0.2, 0.25) is 47.4 Å². The fourth-order valence-electron chi connectivity index (χ4n) is 14.9. The first kappa shape index (κ1) is 95.2. The summed E-state index contributed by atoms with van der Waals surface area (Å²) in [7, 11) is 0. The van der Waals surface area contributed by atoms with E-state index < -0.39 is 143 Å². The highest BCUT2D eigenvalue weighted by Gasteiger charge is 2.54. The summed E-state index contributed by atoms with van der Waals surface area (Å²) >= 11 is 0. The highest BCUT2D eigenvalue weighted by Crippen LogP contribution is 2.57. The van der Waals surface area contributed by atoms with Crippen molar-refractivity contribution in [2.24, 2.45) is 21.8 Å². The molecular formula is C94H110N14O21. The minimum absolute atomic E-state index is 0.0227. The van der Waals surface area contributed by atoms with Crippen LogP contribution in [0, 0.1) is 11.8 Å². The van der Waals surface area contributed by atoms with Gasteiger partial charge in [0.15, 0.2) is 5.60 Å². The minimum Gasteiger partial charge on any atom is -0.456 e. The third-order valence-electron chi connectivity index (χ3n) is 21.0. The molecule has 35 heteroatoms. The van der Waals surface area contributed by atoms with Crippen molar-refractivity contribution < 1.29 is 100 Å². The number of likely N-dealkylation sites (tertiary alicyclic amines) is 2. The van der Waals surface area contributed by atoms with E-state index in [0.29, 0.717) is 51.8 Å². The fraction of sp³-hybridized carbons (Fsp3) is 0.394. The lowest BCUT2D eigenvalue weighted by molar-refractivity contribution is -0.141. The average Bonchev–Trinajstić information content (AvgIpc) is 1.57. The third-order valence-corrected chi connectivity index (χ3v) is 21.0. The van der Waals surface area contributed by atoms with E-state index in [0.717, 1.165) is 0 Å². The Morgan fingerprint density at radius 2 is 0.814 bits per heavy atom. The third kappa shape index (κ3) is 26.8. The van der Waals surface area contributed by atoms with Gasteiger partial charge in [-0.2, -0.15) is 0 Å². The number of carbonyl (C=O) groups excluding carboxylic acids is 13. The summed E-state index contributed by atoms with van der Waals surface area (Å²) in [5, 5.41) is 27.7. The number of benzene rings is 7. The van der Waals surface area contributed by atoms with Crippen molar-refractivity contribution in [2.75, 3.05) is 36.8 Å². The number of guanidine groups is 2. The number of fused-ring (bicyclic) bond motifs is 6. The van der Waals surface area contributed by atoms with Crippen molar-refractivity contribution in [3.8, 4) is 11.5 Å². The van der Waals surface area contributed by atoms with E-state index >= 15 is 9.59 Å². The SMILES string of the molecule is CC(C)[C@H](NC(=O)OC(C)(C)C)C(=O)N1CCC[C@H]1C(=O)N[C@@H](CCCN/C(=N/C(=O)OCc1ccccc1)NC(=O)OCc1ccccc1)C(=O)Nc1ccc2c(c1)Oc1cc(NC(=O)[C@H](CCCN/C(=N/C(=O)OCc3ccccc3)NC(=O)OCc3ccccc3)NC(=O)[C@@H]3CCCN3C(=O)[C@@H](NC(=O)OC(C)(C)C)C(C)C)ccc1C21OC(=O)c2ccccc21. The van der Waals surface area contributed by atoms with Gasteiger partial charge >= 0.3 is 42.5 Å². The number of carbonyl (C=O) groups is 13. The number of anilines is 2. The number of ether oxygens (including phenoxy) is 8. The van der Waals surface area contributed by atoms with Gasteiger partial charge in [-0.1, -0.05) is 167 Å². The molecule has 1 spiro atoms. The van der Waals surface area contributed by atoms with Crippen LogP contribution in [-0.2, 0) is 94.0 Å². The van der Waals surface area contributed by atoms with Crippen LogP contribution in [0.5, 0.6) is 11.5 Å². The highest BCUT2D eigenvalue weighted by molar-refractivity contribution is 6.03. The number of esters is 1. The zero-order chi connectivity index (χ0) is 92.5. The van der Waals surface area contributed by atoms with Gasteiger partial charge < -0.3 is 90.2 Å². The van der Waals surface area contributed by atoms with E-state index in [9.17, 15) is 52.7 Å². The predicted octanol–water partition coefficient (Wildman–Crippen LogP) is 12.2. The number of nitrogens with one attached hydrogen (secondary N) is 10. The molecule has 10 N–H and O–H groups in total. The Hall–Kier alpha value is -14.4. The summed E-state index contributed by atoms with van der Waals surface area (Å²) in [5.74, 6) is -6.33. The van der Waals surface area contributed by atoms with Crippen molar-refractivity contribution in [1.29, 1.82) is 0 Å². The van der Waals surface area contributed by atoms with Crippen LogP contribution in [0.2, 0.25) is 0 Å². The number of aliphatic imine (C=N–C) groups is 2. The van der Waals surface area contributed by atoms with Crippen molar-refractivity contribution >= 4 is 101 Å². The molecule has 35 nitrogen and oxygen atoms in total. The molecular weight excluding hydrogens is 1660 g/mol. The zero-order valence-electron chi connectivity index (χ0n) is 73.6. The summed E-state index contributed by atoms with van der Waals surface area (Å²) in [6, 6.07) is 44.0. The molecule has 682 valence electrons. The lowest BCUT2D eigenvalue weighted by Gasteiger charge is -2.37. The van der Waals surface area contributed by atoms with Gasteiger partial charge in [0.25, 0.3) is 0 Å². The number of nitrogens with zero attached hydrogens (tertiary/aromatic N) is 4. The monoisotopic (exact) mass is 1770 g/mol. The first-order valence-corrected chi connectivity index (χ1v) is 42.8. The minimum atomic E-state index is -1.74. The molecule has 0 radical (unpaired) electrons. The van der Waals surface area contributed by atoms with Gasteiger partial charge in [-0.3, -0.25) is 39.4 Å². The van der Waals surface area contributed by atoms with Crippen molar-refractivity contribution in [1.82, 2.24) is 52.3 Å². The van der Waals surface area contributed by atoms with Gasteiger partial charge in [0.1, 0.15) is 85.4 Å². The van der Waals surface area contributed by atoms with Gasteiger partial charge in [0.05, 0.1) is 5.56 Å². The maximum Gasteiger partial charge on any atom is 0.437 e. The molecule has 4 aliphatic rings. The second-order valence-electron chi connectivity index (χ2n) is 33.9. The Kier molecular flexibility index (Phi) is 32.6. The second-order valence-corrected chi connectivity index (χ2v) is 33.9. The van der Waals surface area contributed by atoms with Gasteiger partial charge in [-0.05, 0) is 157 Å². The summed E-state index contributed by atoms with van der Waals surface area (Å²) in [6.07, 6.45) is -4.88. The molecule has 12 amide bonds. The number of hydrogen-bond acceptors (Lipinski definition) is 21. The van der Waals surface area contributed by atoms with Crippen LogP contribution in [0.25, 0.3) is 0 Å². The molecule has 0 aromatic heterocycles. The molecule has 0 unspecified atom stereocenters. The quantitative estimate of drug-likeness (QED) is 0.00657. The normalized spacial score (nSPS) is 15.8. The Balaban J connectivity index is 0.870. The predicted molar refractivity (Wildman–Crippen MR) is 473 cm³/mol. The number of hydrogen-bond donors (Lipinski definition) is 10. The standard InChI is InChI=1S/C94H110N14O21/c1-57(2)75(101-90(120)128-92(5,6)7)81(113)107-49-27-41-71(107)79(111)99-69(39-25-47-95-84(103-86(116)122-53-59-29-15-11-16-30-59)104-87(117)123-54-60-31-17-12-18-32-60)77(109)97-63-43-45-67-73(51-63)126-74-52-64(44-46-68(74)94(67)66-38-24-23-37-65(66)83(115)127-94)98-78(110)70(100-80(112)72-42-28-50-108(72)82(114)76(58(3)4)102-91(121)129-93(8,9)10)40-26-48-96-85(105-88(118)124-55-61-33-19-13-20-34-61)106-89(119)125-56-62-35-21-14-22-36-62/h11-24,29-38,43-46,51-52,57-58,69-72,75-76H,25-28,39-42,47-50,53-56H2,1-10H3,(H,97,109)(H,98,110)(H,99,111)(H,100,112)(H,101,120)(H,102,121)(H2,95,103,104,116,117)(H2,96,105,106,118,119)/t69-,70-,71-,72-,75-,76-/m0/s1. The van der Waals surface area contributed by atoms with E-state index in [2.05, 4.69) is 63.2 Å². The molecule has 0 bridgehead atoms. The molecule has 129 heavy (non-hydrogen) atoms. The van der Waals surface area contributed by atoms with Crippen LogP contribution in [0.15, 0.2) is 192 Å². The first-order valence-electron chi connectivity index (χ1n) is 42.8. The van der Waals surface area contributed by atoms with E-state index in [4.69, 9.17) is 37.9 Å². The molecule has 0 aliphatic carbocycles.